The second kappa shape index (κ2) is 6.97. The standard InChI is InChI=1S/C18H23FN4OS/c1-14-21-15(11-25-14)10-22-8-9-24-18(12-22)5-3-7-23(13-18)17-16(19)4-2-6-20-17/h2,4,6,11H,3,5,7-10,12-13H2,1H3/t18-/m0/s1. The molecule has 2 fully saturated rings. The molecule has 134 valence electrons. The molecule has 5 nitrogen and oxygen atoms in total. The van der Waals surface area contributed by atoms with Crippen molar-refractivity contribution in [3.05, 3.63) is 40.2 Å². The Hall–Kier alpha value is -1.57. The van der Waals surface area contributed by atoms with Crippen LogP contribution in [0.3, 0.4) is 0 Å². The van der Waals surface area contributed by atoms with E-state index in [-0.39, 0.29) is 11.4 Å². The monoisotopic (exact) mass is 362 g/mol. The molecular formula is C18H23FN4OS. The third-order valence-corrected chi connectivity index (χ3v) is 5.78. The topological polar surface area (TPSA) is 41.5 Å². The van der Waals surface area contributed by atoms with Crippen LogP contribution < -0.4 is 4.90 Å². The van der Waals surface area contributed by atoms with Crippen molar-refractivity contribution >= 4 is 17.2 Å². The summed E-state index contributed by atoms with van der Waals surface area (Å²) in [6, 6.07) is 3.11. The number of hydrogen-bond acceptors (Lipinski definition) is 6. The van der Waals surface area contributed by atoms with Crippen LogP contribution in [0, 0.1) is 12.7 Å². The second-order valence-electron chi connectivity index (χ2n) is 6.93. The van der Waals surface area contributed by atoms with Gasteiger partial charge in [0, 0.05) is 44.3 Å². The lowest BCUT2D eigenvalue weighted by atomic mass is 9.90. The zero-order chi connectivity index (χ0) is 17.3. The Morgan fingerprint density at radius 2 is 2.28 bits per heavy atom. The number of morpholine rings is 1. The number of aromatic nitrogens is 2. The summed E-state index contributed by atoms with van der Waals surface area (Å²) in [6.45, 7) is 6.88. The molecule has 2 aliphatic heterocycles. The maximum Gasteiger partial charge on any atom is 0.165 e. The molecule has 0 N–H and O–H groups in total. The van der Waals surface area contributed by atoms with Gasteiger partial charge in [0.2, 0.25) is 0 Å². The maximum atomic E-state index is 14.1. The molecular weight excluding hydrogens is 339 g/mol. The molecule has 0 radical (unpaired) electrons. The number of ether oxygens (including phenoxy) is 1. The molecule has 25 heavy (non-hydrogen) atoms. The molecule has 2 aliphatic rings. The summed E-state index contributed by atoms with van der Waals surface area (Å²) in [6.07, 6.45) is 3.64. The molecule has 1 spiro atoms. The zero-order valence-corrected chi connectivity index (χ0v) is 15.3. The van der Waals surface area contributed by atoms with E-state index in [1.807, 2.05) is 11.8 Å². The lowest BCUT2D eigenvalue weighted by Crippen LogP contribution is -2.59. The van der Waals surface area contributed by atoms with E-state index in [0.717, 1.165) is 49.7 Å². The smallest absolute Gasteiger partial charge is 0.165 e. The summed E-state index contributed by atoms with van der Waals surface area (Å²) in [7, 11) is 0. The first-order valence-electron chi connectivity index (χ1n) is 8.76. The molecule has 0 unspecified atom stereocenters. The van der Waals surface area contributed by atoms with Gasteiger partial charge in [0.1, 0.15) is 0 Å². The molecule has 0 amide bonds. The van der Waals surface area contributed by atoms with Crippen LogP contribution in [0.1, 0.15) is 23.5 Å². The van der Waals surface area contributed by atoms with Crippen molar-refractivity contribution in [3.63, 3.8) is 0 Å². The number of aryl methyl sites for hydroxylation is 1. The van der Waals surface area contributed by atoms with Crippen LogP contribution in [0.25, 0.3) is 0 Å². The van der Waals surface area contributed by atoms with E-state index in [9.17, 15) is 4.39 Å². The maximum absolute atomic E-state index is 14.1. The normalized spacial score (nSPS) is 24.8. The minimum absolute atomic E-state index is 0.245. The van der Waals surface area contributed by atoms with Crippen molar-refractivity contribution in [1.29, 1.82) is 0 Å². The van der Waals surface area contributed by atoms with Crippen molar-refractivity contribution in [3.8, 4) is 0 Å². The van der Waals surface area contributed by atoms with E-state index in [4.69, 9.17) is 4.74 Å². The fourth-order valence-electron chi connectivity index (χ4n) is 3.90. The van der Waals surface area contributed by atoms with Crippen molar-refractivity contribution in [2.24, 2.45) is 0 Å². The average molecular weight is 362 g/mol. The summed E-state index contributed by atoms with van der Waals surface area (Å²) in [5.74, 6) is 0.183. The minimum Gasteiger partial charge on any atom is -0.370 e. The van der Waals surface area contributed by atoms with Gasteiger partial charge in [-0.1, -0.05) is 0 Å². The van der Waals surface area contributed by atoms with E-state index in [1.54, 1.807) is 23.6 Å². The van der Waals surface area contributed by atoms with Gasteiger partial charge in [0.15, 0.2) is 11.6 Å². The molecule has 2 aromatic heterocycles. The Morgan fingerprint density at radius 3 is 3.08 bits per heavy atom. The van der Waals surface area contributed by atoms with Gasteiger partial charge in [-0.15, -0.1) is 11.3 Å². The Bertz CT molecular complexity index is 735. The fourth-order valence-corrected chi connectivity index (χ4v) is 4.51. The highest BCUT2D eigenvalue weighted by atomic mass is 32.1. The van der Waals surface area contributed by atoms with Crippen LogP contribution in [-0.4, -0.2) is 53.3 Å². The van der Waals surface area contributed by atoms with Gasteiger partial charge in [-0.2, -0.15) is 0 Å². The predicted octanol–water partition coefficient (Wildman–Crippen LogP) is 2.86. The lowest BCUT2D eigenvalue weighted by molar-refractivity contribution is -0.116. The summed E-state index contributed by atoms with van der Waals surface area (Å²) in [5.41, 5.74) is 0.883. The van der Waals surface area contributed by atoms with Crippen LogP contribution in [0.15, 0.2) is 23.7 Å². The average Bonchev–Trinajstić information content (AvgIpc) is 3.00. The highest BCUT2D eigenvalue weighted by molar-refractivity contribution is 7.09. The number of nitrogens with zero attached hydrogens (tertiary/aromatic N) is 4. The van der Waals surface area contributed by atoms with Crippen LogP contribution in [0.5, 0.6) is 0 Å². The number of hydrogen-bond donors (Lipinski definition) is 0. The number of piperidine rings is 1. The van der Waals surface area contributed by atoms with E-state index >= 15 is 0 Å². The van der Waals surface area contributed by atoms with E-state index in [1.165, 1.54) is 6.07 Å². The molecule has 2 aromatic rings. The third-order valence-electron chi connectivity index (χ3n) is 4.96. The first kappa shape index (κ1) is 16.9. The summed E-state index contributed by atoms with van der Waals surface area (Å²) in [5, 5.41) is 3.24. The number of halogens is 1. The quantitative estimate of drug-likeness (QED) is 0.840. The molecule has 0 aliphatic carbocycles. The highest BCUT2D eigenvalue weighted by Gasteiger charge is 2.41. The van der Waals surface area contributed by atoms with Gasteiger partial charge in [0.05, 0.1) is 22.9 Å². The van der Waals surface area contributed by atoms with Gasteiger partial charge in [-0.25, -0.2) is 14.4 Å². The molecule has 1 atom stereocenters. The van der Waals surface area contributed by atoms with Gasteiger partial charge in [-0.3, -0.25) is 4.90 Å². The number of thiazole rings is 1. The third kappa shape index (κ3) is 3.68. The molecule has 0 saturated carbocycles. The fraction of sp³-hybridized carbons (Fsp3) is 0.556. The number of anilines is 1. The number of pyridine rings is 1. The Kier molecular flexibility index (Phi) is 4.71. The lowest BCUT2D eigenvalue weighted by Gasteiger charge is -2.48. The zero-order valence-electron chi connectivity index (χ0n) is 14.4. The van der Waals surface area contributed by atoms with Gasteiger partial charge in [-0.05, 0) is 31.9 Å². The Balaban J connectivity index is 1.47. The second-order valence-corrected chi connectivity index (χ2v) is 8.00. The van der Waals surface area contributed by atoms with Crippen LogP contribution in [0.2, 0.25) is 0 Å². The van der Waals surface area contributed by atoms with Crippen molar-refractivity contribution in [2.75, 3.05) is 37.7 Å². The largest absolute Gasteiger partial charge is 0.370 e. The predicted molar refractivity (Wildman–Crippen MR) is 96.5 cm³/mol. The van der Waals surface area contributed by atoms with E-state index in [2.05, 4.69) is 20.2 Å². The number of rotatable bonds is 3. The first-order chi connectivity index (χ1) is 12.1. The van der Waals surface area contributed by atoms with Gasteiger partial charge >= 0.3 is 0 Å². The molecule has 0 aromatic carbocycles. The van der Waals surface area contributed by atoms with Crippen molar-refractivity contribution in [2.45, 2.75) is 31.9 Å². The molecule has 2 saturated heterocycles. The van der Waals surface area contributed by atoms with Crippen LogP contribution in [-0.2, 0) is 11.3 Å². The SMILES string of the molecule is Cc1nc(CN2CCO[C@@]3(CCCN(c4ncccc4F)C3)C2)cs1. The summed E-state index contributed by atoms with van der Waals surface area (Å²) >= 11 is 1.69. The van der Waals surface area contributed by atoms with Crippen LogP contribution >= 0.6 is 11.3 Å². The molecule has 7 heteroatoms. The summed E-state index contributed by atoms with van der Waals surface area (Å²) in [4.78, 5) is 13.3. The highest BCUT2D eigenvalue weighted by Crippen LogP contribution is 2.32. The molecule has 4 rings (SSSR count). The molecule has 4 heterocycles. The van der Waals surface area contributed by atoms with Crippen LogP contribution in [0.4, 0.5) is 10.2 Å². The summed E-state index contributed by atoms with van der Waals surface area (Å²) < 4.78 is 20.4. The first-order valence-corrected chi connectivity index (χ1v) is 9.64. The Morgan fingerprint density at radius 1 is 1.36 bits per heavy atom. The minimum atomic E-state index is -0.259. The van der Waals surface area contributed by atoms with E-state index in [0.29, 0.717) is 19.0 Å². The Labute approximate surface area is 151 Å². The van der Waals surface area contributed by atoms with Crippen molar-refractivity contribution in [1.82, 2.24) is 14.9 Å². The van der Waals surface area contributed by atoms with E-state index < -0.39 is 0 Å². The van der Waals surface area contributed by atoms with Crippen molar-refractivity contribution < 1.29 is 9.13 Å². The van der Waals surface area contributed by atoms with Gasteiger partial charge < -0.3 is 9.64 Å². The van der Waals surface area contributed by atoms with Gasteiger partial charge in [0.25, 0.3) is 0 Å². The molecule has 0 bridgehead atoms.